The van der Waals surface area contributed by atoms with E-state index in [0.717, 1.165) is 35.4 Å². The van der Waals surface area contributed by atoms with E-state index < -0.39 is 4.92 Å². The molecule has 8 heteroatoms. The Morgan fingerprint density at radius 2 is 1.90 bits per heavy atom. The van der Waals surface area contributed by atoms with Crippen molar-refractivity contribution < 1.29 is 9.72 Å². The molecule has 0 aliphatic carbocycles. The summed E-state index contributed by atoms with van der Waals surface area (Å²) in [5.41, 5.74) is 2.58. The van der Waals surface area contributed by atoms with Gasteiger partial charge in [0.1, 0.15) is 0 Å². The molecule has 3 aromatic rings. The fourth-order valence-corrected chi connectivity index (χ4v) is 4.35. The van der Waals surface area contributed by atoms with Crippen LogP contribution in [0.3, 0.4) is 0 Å². The number of fused-ring (bicyclic) bond motifs is 1. The maximum absolute atomic E-state index is 13.1. The first-order valence-corrected chi connectivity index (χ1v) is 11.1. The number of anilines is 1. The summed E-state index contributed by atoms with van der Waals surface area (Å²) in [6.45, 7) is 9.26. The van der Waals surface area contributed by atoms with Crippen molar-refractivity contribution in [2.45, 2.75) is 20.8 Å². The maximum atomic E-state index is 13.1. The second-order valence-corrected chi connectivity index (χ2v) is 8.13. The van der Waals surface area contributed by atoms with Gasteiger partial charge >= 0.3 is 0 Å². The van der Waals surface area contributed by atoms with Gasteiger partial charge in [-0.25, -0.2) is 4.98 Å². The number of carbonyl (C=O) groups is 1. The summed E-state index contributed by atoms with van der Waals surface area (Å²) in [7, 11) is 0. The van der Waals surface area contributed by atoms with Crippen LogP contribution in [0.5, 0.6) is 0 Å². The Balaban J connectivity index is 1.89. The van der Waals surface area contributed by atoms with E-state index in [2.05, 4.69) is 18.7 Å². The van der Waals surface area contributed by atoms with Crippen LogP contribution in [0.15, 0.2) is 48.5 Å². The molecule has 0 radical (unpaired) electrons. The summed E-state index contributed by atoms with van der Waals surface area (Å²) in [4.78, 5) is 32.4. The van der Waals surface area contributed by atoms with Gasteiger partial charge in [-0.3, -0.25) is 19.8 Å². The minimum Gasteiger partial charge on any atom is -0.302 e. The Kier molecular flexibility index (Phi) is 7.49. The van der Waals surface area contributed by atoms with Gasteiger partial charge in [0.25, 0.3) is 11.6 Å². The number of aromatic nitrogens is 1. The van der Waals surface area contributed by atoms with Crippen LogP contribution >= 0.6 is 11.3 Å². The second kappa shape index (κ2) is 10.3. The molecule has 0 spiro atoms. The van der Waals surface area contributed by atoms with E-state index in [9.17, 15) is 14.9 Å². The average Bonchev–Trinajstić information content (AvgIpc) is 3.20. The van der Waals surface area contributed by atoms with Gasteiger partial charge in [-0.2, -0.15) is 0 Å². The van der Waals surface area contributed by atoms with Gasteiger partial charge < -0.3 is 4.90 Å². The number of nitrogens with zero attached hydrogens (tertiary/aromatic N) is 4. The molecule has 162 valence electrons. The molecule has 0 fully saturated rings. The van der Waals surface area contributed by atoms with Crippen molar-refractivity contribution in [1.29, 1.82) is 0 Å². The Morgan fingerprint density at radius 1 is 1.16 bits per heavy atom. The van der Waals surface area contributed by atoms with E-state index in [1.807, 2.05) is 25.1 Å². The first-order chi connectivity index (χ1) is 14.9. The van der Waals surface area contributed by atoms with E-state index >= 15 is 0 Å². The van der Waals surface area contributed by atoms with Crippen molar-refractivity contribution in [2.24, 2.45) is 0 Å². The Hall–Kier alpha value is -3.10. The smallest absolute Gasteiger partial charge is 0.270 e. The Labute approximate surface area is 185 Å². The van der Waals surface area contributed by atoms with Crippen molar-refractivity contribution in [3.8, 4) is 0 Å². The zero-order chi connectivity index (χ0) is 22.4. The van der Waals surface area contributed by atoms with Crippen LogP contribution in [0.4, 0.5) is 10.8 Å². The predicted molar refractivity (Wildman–Crippen MR) is 127 cm³/mol. The molecule has 0 aliphatic heterocycles. The lowest BCUT2D eigenvalue weighted by atomic mass is 10.2. The number of likely N-dealkylation sites (N-methyl/N-ethyl adjacent to an activating group) is 1. The quantitative estimate of drug-likeness (QED) is 0.270. The Bertz CT molecular complexity index is 1110. The minimum absolute atomic E-state index is 0.00497. The first-order valence-electron chi connectivity index (χ1n) is 10.3. The SMILES string of the molecule is CCN(CC)CCN(C(=O)/C=C/c1cccc([N+](=O)[O-])c1)c1nc2c(C)cccc2s1. The molecule has 3 rings (SSSR count). The summed E-state index contributed by atoms with van der Waals surface area (Å²) >= 11 is 1.50. The van der Waals surface area contributed by atoms with E-state index in [1.54, 1.807) is 23.1 Å². The van der Waals surface area contributed by atoms with Crippen molar-refractivity contribution in [1.82, 2.24) is 9.88 Å². The molecular formula is C23H26N4O3S. The highest BCUT2D eigenvalue weighted by atomic mass is 32.1. The predicted octanol–water partition coefficient (Wildman–Crippen LogP) is 4.90. The van der Waals surface area contributed by atoms with Crippen LogP contribution in [-0.4, -0.2) is 46.9 Å². The average molecular weight is 439 g/mol. The van der Waals surface area contributed by atoms with Crippen molar-refractivity contribution >= 4 is 44.4 Å². The van der Waals surface area contributed by atoms with E-state index in [1.165, 1.54) is 29.5 Å². The molecule has 2 aromatic carbocycles. The molecule has 1 aromatic heterocycles. The fraction of sp³-hybridized carbons (Fsp3) is 0.304. The number of thiazole rings is 1. The number of nitro benzene ring substituents is 1. The normalized spacial score (nSPS) is 11.5. The third kappa shape index (κ3) is 5.53. The van der Waals surface area contributed by atoms with Gasteiger partial charge in [0, 0.05) is 31.3 Å². The number of carbonyl (C=O) groups excluding carboxylic acids is 1. The second-order valence-electron chi connectivity index (χ2n) is 7.12. The van der Waals surface area contributed by atoms with Gasteiger partial charge in [-0.15, -0.1) is 0 Å². The molecule has 0 aliphatic rings. The van der Waals surface area contributed by atoms with Crippen molar-refractivity contribution in [2.75, 3.05) is 31.1 Å². The van der Waals surface area contributed by atoms with Crippen LogP contribution in [0, 0.1) is 17.0 Å². The highest BCUT2D eigenvalue weighted by molar-refractivity contribution is 7.22. The van der Waals surface area contributed by atoms with Gasteiger partial charge in [-0.1, -0.05) is 49.4 Å². The maximum Gasteiger partial charge on any atom is 0.270 e. The molecule has 0 bridgehead atoms. The number of rotatable bonds is 9. The minimum atomic E-state index is -0.445. The summed E-state index contributed by atoms with van der Waals surface area (Å²) in [5, 5.41) is 11.7. The van der Waals surface area contributed by atoms with Crippen molar-refractivity contribution in [3.05, 3.63) is 69.8 Å². The van der Waals surface area contributed by atoms with Crippen LogP contribution < -0.4 is 4.90 Å². The molecule has 7 nitrogen and oxygen atoms in total. The largest absolute Gasteiger partial charge is 0.302 e. The third-order valence-electron chi connectivity index (χ3n) is 5.14. The zero-order valence-corrected chi connectivity index (χ0v) is 18.8. The molecule has 1 heterocycles. The van der Waals surface area contributed by atoms with E-state index in [0.29, 0.717) is 17.2 Å². The van der Waals surface area contributed by atoms with Gasteiger partial charge in [-0.05, 0) is 43.3 Å². The number of benzene rings is 2. The molecule has 31 heavy (non-hydrogen) atoms. The molecule has 0 atom stereocenters. The molecule has 0 saturated carbocycles. The summed E-state index contributed by atoms with van der Waals surface area (Å²) < 4.78 is 1.04. The fourth-order valence-electron chi connectivity index (χ4n) is 3.27. The number of nitro groups is 1. The topological polar surface area (TPSA) is 79.6 Å². The van der Waals surface area contributed by atoms with E-state index in [-0.39, 0.29) is 11.6 Å². The van der Waals surface area contributed by atoms with Gasteiger partial charge in [0.05, 0.1) is 15.1 Å². The van der Waals surface area contributed by atoms with Gasteiger partial charge in [0.15, 0.2) is 5.13 Å². The number of para-hydroxylation sites is 1. The first kappa shape index (κ1) is 22.6. The zero-order valence-electron chi connectivity index (χ0n) is 17.9. The lowest BCUT2D eigenvalue weighted by molar-refractivity contribution is -0.384. The van der Waals surface area contributed by atoms with Crippen LogP contribution in [0.2, 0.25) is 0 Å². The van der Waals surface area contributed by atoms with Crippen molar-refractivity contribution in [3.63, 3.8) is 0 Å². The monoisotopic (exact) mass is 438 g/mol. The number of amides is 1. The number of aryl methyl sites for hydroxylation is 1. The summed E-state index contributed by atoms with van der Waals surface area (Å²) in [5.74, 6) is -0.199. The third-order valence-corrected chi connectivity index (χ3v) is 6.18. The van der Waals surface area contributed by atoms with E-state index in [4.69, 9.17) is 4.98 Å². The Morgan fingerprint density at radius 3 is 2.58 bits per heavy atom. The van der Waals surface area contributed by atoms with Crippen LogP contribution in [0.25, 0.3) is 16.3 Å². The van der Waals surface area contributed by atoms with Crippen LogP contribution in [-0.2, 0) is 4.79 Å². The molecular weight excluding hydrogens is 412 g/mol. The molecule has 0 N–H and O–H groups in total. The molecule has 1 amide bonds. The summed E-state index contributed by atoms with van der Waals surface area (Å²) in [6, 6.07) is 12.2. The number of hydrogen-bond donors (Lipinski definition) is 0. The standard InChI is InChI=1S/C23H26N4O3S/c1-4-25(5-2)14-15-26(23-24-22-17(3)8-6-11-20(22)31-23)21(28)13-12-18-9-7-10-19(16-18)27(29)30/h6-13,16H,4-5,14-15H2,1-3H3/b13-12+. The number of hydrogen-bond acceptors (Lipinski definition) is 6. The highest BCUT2D eigenvalue weighted by Crippen LogP contribution is 2.30. The molecule has 0 unspecified atom stereocenters. The highest BCUT2D eigenvalue weighted by Gasteiger charge is 2.19. The lowest BCUT2D eigenvalue weighted by Crippen LogP contribution is -2.38. The summed E-state index contributed by atoms with van der Waals surface area (Å²) in [6.07, 6.45) is 3.07. The molecule has 0 saturated heterocycles. The lowest BCUT2D eigenvalue weighted by Gasteiger charge is -2.23. The van der Waals surface area contributed by atoms with Gasteiger partial charge in [0.2, 0.25) is 0 Å². The number of non-ortho nitro benzene ring substituents is 1. The van der Waals surface area contributed by atoms with Crippen LogP contribution in [0.1, 0.15) is 25.0 Å².